The molecule has 0 amide bonds. The van der Waals surface area contributed by atoms with E-state index in [1.165, 1.54) is 29.0 Å². The topological polar surface area (TPSA) is 24.4 Å². The van der Waals surface area contributed by atoms with E-state index in [1.54, 1.807) is 11.1 Å². The number of thiophene rings is 1. The van der Waals surface area contributed by atoms with Crippen molar-refractivity contribution in [3.63, 3.8) is 0 Å². The van der Waals surface area contributed by atoms with Crippen LogP contribution < -0.4 is 5.43 Å². The molecule has 15 heavy (non-hydrogen) atoms. The van der Waals surface area contributed by atoms with Crippen LogP contribution in [0.5, 0.6) is 0 Å². The molecule has 0 radical (unpaired) electrons. The first-order valence-electron chi connectivity index (χ1n) is 5.65. The van der Waals surface area contributed by atoms with Crippen molar-refractivity contribution in [3.05, 3.63) is 20.9 Å². The zero-order chi connectivity index (χ0) is 10.4. The monoisotopic (exact) mass is 220 g/mol. The molecule has 0 fully saturated rings. The summed E-state index contributed by atoms with van der Waals surface area (Å²) in [5.41, 5.74) is 6.44. The van der Waals surface area contributed by atoms with Crippen LogP contribution in [0.3, 0.4) is 0 Å². The van der Waals surface area contributed by atoms with Crippen LogP contribution in [0.1, 0.15) is 39.8 Å². The molecule has 0 saturated carbocycles. The molecule has 2 heterocycles. The number of rotatable bonds is 0. The third kappa shape index (κ3) is 1.33. The molecule has 0 bridgehead atoms. The van der Waals surface area contributed by atoms with E-state index in [4.69, 9.17) is 0 Å². The SMILES string of the molecule is Cc1sc(C)c2c1CCCC1C=NNC21. The van der Waals surface area contributed by atoms with Crippen LogP contribution in [0.4, 0.5) is 0 Å². The van der Waals surface area contributed by atoms with Gasteiger partial charge in [-0.25, -0.2) is 0 Å². The molecule has 1 aliphatic carbocycles. The van der Waals surface area contributed by atoms with Crippen molar-refractivity contribution in [3.8, 4) is 0 Å². The molecule has 2 unspecified atom stereocenters. The zero-order valence-electron chi connectivity index (χ0n) is 9.21. The largest absolute Gasteiger partial charge is 0.302 e. The van der Waals surface area contributed by atoms with Gasteiger partial charge in [0.2, 0.25) is 0 Å². The van der Waals surface area contributed by atoms with Crippen LogP contribution >= 0.6 is 11.3 Å². The summed E-state index contributed by atoms with van der Waals surface area (Å²) in [5.74, 6) is 0.624. The number of nitrogens with zero attached hydrogens (tertiary/aromatic N) is 1. The highest BCUT2D eigenvalue weighted by atomic mass is 32.1. The van der Waals surface area contributed by atoms with Gasteiger partial charge in [0.05, 0.1) is 6.04 Å². The minimum atomic E-state index is 0.465. The second kappa shape index (κ2) is 3.34. The fourth-order valence-corrected chi connectivity index (χ4v) is 4.06. The summed E-state index contributed by atoms with van der Waals surface area (Å²) in [4.78, 5) is 2.99. The number of aryl methyl sites for hydroxylation is 2. The van der Waals surface area contributed by atoms with Gasteiger partial charge in [0.1, 0.15) is 0 Å². The quantitative estimate of drug-likeness (QED) is 0.714. The van der Waals surface area contributed by atoms with E-state index in [1.807, 2.05) is 11.3 Å². The summed E-state index contributed by atoms with van der Waals surface area (Å²) in [5, 5.41) is 4.25. The first kappa shape index (κ1) is 9.40. The van der Waals surface area contributed by atoms with E-state index < -0.39 is 0 Å². The molecule has 2 aliphatic rings. The molecule has 1 aromatic rings. The molecular formula is C12H16N2S. The van der Waals surface area contributed by atoms with Gasteiger partial charge in [-0.15, -0.1) is 11.3 Å². The Bertz CT molecular complexity index is 420. The summed E-state index contributed by atoms with van der Waals surface area (Å²) >= 11 is 1.95. The van der Waals surface area contributed by atoms with Gasteiger partial charge in [-0.1, -0.05) is 0 Å². The molecule has 0 aromatic carbocycles. The zero-order valence-corrected chi connectivity index (χ0v) is 10.0. The lowest BCUT2D eigenvalue weighted by atomic mass is 9.93. The van der Waals surface area contributed by atoms with Gasteiger partial charge in [-0.2, -0.15) is 5.10 Å². The minimum absolute atomic E-state index is 0.465. The van der Waals surface area contributed by atoms with Crippen molar-refractivity contribution < 1.29 is 0 Å². The van der Waals surface area contributed by atoms with E-state index in [-0.39, 0.29) is 0 Å². The lowest BCUT2D eigenvalue weighted by molar-refractivity contribution is 0.479. The second-order valence-electron chi connectivity index (χ2n) is 4.55. The minimum Gasteiger partial charge on any atom is -0.302 e. The van der Waals surface area contributed by atoms with Crippen molar-refractivity contribution in [1.82, 2.24) is 5.43 Å². The second-order valence-corrected chi connectivity index (χ2v) is 5.98. The third-order valence-electron chi connectivity index (χ3n) is 3.62. The normalized spacial score (nSPS) is 28.1. The van der Waals surface area contributed by atoms with Crippen molar-refractivity contribution in [2.24, 2.45) is 11.0 Å². The molecule has 0 saturated heterocycles. The Morgan fingerprint density at radius 2 is 2.27 bits per heavy atom. The molecule has 1 N–H and O–H groups in total. The predicted octanol–water partition coefficient (Wildman–Crippen LogP) is 2.95. The maximum atomic E-state index is 4.25. The van der Waals surface area contributed by atoms with Gasteiger partial charge in [-0.05, 0) is 44.2 Å². The highest BCUT2D eigenvalue weighted by Gasteiger charge is 2.32. The van der Waals surface area contributed by atoms with E-state index in [9.17, 15) is 0 Å². The van der Waals surface area contributed by atoms with Crippen molar-refractivity contribution in [2.75, 3.05) is 0 Å². The Morgan fingerprint density at radius 1 is 1.40 bits per heavy atom. The third-order valence-corrected chi connectivity index (χ3v) is 4.70. The maximum absolute atomic E-state index is 4.25. The molecular weight excluding hydrogens is 204 g/mol. The van der Waals surface area contributed by atoms with Crippen LogP contribution in [0.25, 0.3) is 0 Å². The van der Waals surface area contributed by atoms with Crippen molar-refractivity contribution in [2.45, 2.75) is 39.2 Å². The predicted molar refractivity (Wildman–Crippen MR) is 64.6 cm³/mol. The highest BCUT2D eigenvalue weighted by molar-refractivity contribution is 7.12. The molecule has 3 heteroatoms. The van der Waals surface area contributed by atoms with Crippen LogP contribution in [0, 0.1) is 19.8 Å². The summed E-state index contributed by atoms with van der Waals surface area (Å²) in [6, 6.07) is 0.465. The molecule has 3 rings (SSSR count). The fourth-order valence-electron chi connectivity index (χ4n) is 2.90. The van der Waals surface area contributed by atoms with Crippen molar-refractivity contribution in [1.29, 1.82) is 0 Å². The van der Waals surface area contributed by atoms with E-state index >= 15 is 0 Å². The number of hydrogen-bond acceptors (Lipinski definition) is 3. The van der Waals surface area contributed by atoms with Gasteiger partial charge in [0.15, 0.2) is 0 Å². The van der Waals surface area contributed by atoms with Gasteiger partial charge >= 0.3 is 0 Å². The van der Waals surface area contributed by atoms with Gasteiger partial charge in [0, 0.05) is 21.9 Å². The number of fused-ring (bicyclic) bond motifs is 3. The Kier molecular flexibility index (Phi) is 2.09. The van der Waals surface area contributed by atoms with Crippen LogP contribution in [0.2, 0.25) is 0 Å². The summed E-state index contributed by atoms with van der Waals surface area (Å²) in [7, 11) is 0. The van der Waals surface area contributed by atoms with E-state index in [2.05, 4.69) is 30.6 Å². The fraction of sp³-hybridized carbons (Fsp3) is 0.583. The van der Waals surface area contributed by atoms with E-state index in [0.29, 0.717) is 12.0 Å². The van der Waals surface area contributed by atoms with E-state index in [0.717, 1.165) is 0 Å². The number of hydrazone groups is 1. The first-order valence-corrected chi connectivity index (χ1v) is 6.46. The Hall–Kier alpha value is -0.830. The first-order chi connectivity index (χ1) is 7.27. The Balaban J connectivity index is 2.12. The van der Waals surface area contributed by atoms with Crippen LogP contribution in [-0.2, 0) is 6.42 Å². The summed E-state index contributed by atoms with van der Waals surface area (Å²) < 4.78 is 0. The van der Waals surface area contributed by atoms with Crippen LogP contribution in [0.15, 0.2) is 5.10 Å². The number of hydrogen-bond donors (Lipinski definition) is 1. The smallest absolute Gasteiger partial charge is 0.0780 e. The molecule has 80 valence electrons. The number of nitrogens with one attached hydrogen (secondary N) is 1. The van der Waals surface area contributed by atoms with Gasteiger partial charge in [-0.3, -0.25) is 0 Å². The molecule has 0 spiro atoms. The maximum Gasteiger partial charge on any atom is 0.0780 e. The van der Waals surface area contributed by atoms with Crippen LogP contribution in [-0.4, -0.2) is 6.21 Å². The highest BCUT2D eigenvalue weighted by Crippen LogP contribution is 2.41. The Labute approximate surface area is 94.4 Å². The summed E-state index contributed by atoms with van der Waals surface area (Å²) in [6.45, 7) is 4.51. The average Bonchev–Trinajstić information content (AvgIpc) is 2.68. The standard InChI is InChI=1S/C12H16N2S/c1-7-10-5-3-4-9-6-13-14-12(9)11(10)8(2)15-7/h6,9,12,14H,3-5H2,1-2H3. The van der Waals surface area contributed by atoms with Gasteiger partial charge in [0.25, 0.3) is 0 Å². The van der Waals surface area contributed by atoms with Gasteiger partial charge < -0.3 is 5.43 Å². The van der Waals surface area contributed by atoms with Crippen molar-refractivity contribution >= 4 is 17.6 Å². The average molecular weight is 220 g/mol. The molecule has 1 aliphatic heterocycles. The Morgan fingerprint density at radius 3 is 3.13 bits per heavy atom. The summed E-state index contributed by atoms with van der Waals surface area (Å²) in [6.07, 6.45) is 5.94. The lowest BCUT2D eigenvalue weighted by Gasteiger charge is -2.16. The molecule has 2 atom stereocenters. The molecule has 2 nitrogen and oxygen atoms in total. The molecule has 1 aromatic heterocycles. The lowest BCUT2D eigenvalue weighted by Crippen LogP contribution is -2.18.